The molecule has 1 aliphatic rings. The van der Waals surface area contributed by atoms with Crippen molar-refractivity contribution < 1.29 is 13.6 Å². The molecule has 1 aliphatic heterocycles. The Morgan fingerprint density at radius 2 is 1.72 bits per heavy atom. The molecule has 1 amide bonds. The number of nitrogens with zero attached hydrogens (tertiary/aromatic N) is 2. The predicted molar refractivity (Wildman–Crippen MR) is 94.8 cm³/mol. The summed E-state index contributed by atoms with van der Waals surface area (Å²) in [6, 6.07) is 11.1. The van der Waals surface area contributed by atoms with Crippen molar-refractivity contribution in [2.75, 3.05) is 42.9 Å². The van der Waals surface area contributed by atoms with Gasteiger partial charge >= 0.3 is 0 Å². The third kappa shape index (κ3) is 4.54. The topological polar surface area (TPSA) is 35.6 Å². The van der Waals surface area contributed by atoms with Crippen LogP contribution in [0.1, 0.15) is 5.56 Å². The molecule has 0 unspecified atom stereocenters. The molecule has 1 heterocycles. The van der Waals surface area contributed by atoms with Gasteiger partial charge in [-0.15, -0.1) is 0 Å². The number of carbonyl (C=O) groups excluding carboxylic acids is 1. The fraction of sp³-hybridized carbons (Fsp3) is 0.316. The van der Waals surface area contributed by atoms with E-state index < -0.39 is 0 Å². The Morgan fingerprint density at radius 3 is 2.36 bits per heavy atom. The minimum atomic E-state index is -0.328. The van der Waals surface area contributed by atoms with Gasteiger partial charge in [0.1, 0.15) is 11.6 Å². The SMILES string of the molecule is Cc1ccc(NC(=O)CN2CCN(c3ccc(F)cc3)CC2)cc1F. The molecule has 0 saturated carbocycles. The molecule has 0 spiro atoms. The molecule has 1 N–H and O–H groups in total. The van der Waals surface area contributed by atoms with Gasteiger partial charge in [-0.25, -0.2) is 8.78 Å². The second-order valence-electron chi connectivity index (χ2n) is 6.25. The van der Waals surface area contributed by atoms with Crippen LogP contribution >= 0.6 is 0 Å². The van der Waals surface area contributed by atoms with E-state index in [0.29, 0.717) is 11.3 Å². The number of rotatable bonds is 4. The molecule has 3 rings (SSSR count). The van der Waals surface area contributed by atoms with E-state index in [9.17, 15) is 13.6 Å². The lowest BCUT2D eigenvalue weighted by molar-refractivity contribution is -0.117. The van der Waals surface area contributed by atoms with E-state index in [0.717, 1.165) is 31.9 Å². The summed E-state index contributed by atoms with van der Waals surface area (Å²) in [6.45, 7) is 4.99. The van der Waals surface area contributed by atoms with Gasteiger partial charge in [0.15, 0.2) is 0 Å². The summed E-state index contributed by atoms with van der Waals surface area (Å²) in [7, 11) is 0. The first kappa shape index (κ1) is 17.4. The number of benzene rings is 2. The fourth-order valence-electron chi connectivity index (χ4n) is 2.89. The fourth-order valence-corrected chi connectivity index (χ4v) is 2.89. The smallest absolute Gasteiger partial charge is 0.238 e. The van der Waals surface area contributed by atoms with Crippen LogP contribution in [0.5, 0.6) is 0 Å². The molecule has 1 saturated heterocycles. The van der Waals surface area contributed by atoms with Gasteiger partial charge < -0.3 is 10.2 Å². The molecule has 132 valence electrons. The van der Waals surface area contributed by atoms with Crippen molar-refractivity contribution in [2.24, 2.45) is 0 Å². The lowest BCUT2D eigenvalue weighted by Gasteiger charge is -2.35. The number of anilines is 2. The number of hydrogen-bond donors (Lipinski definition) is 1. The van der Waals surface area contributed by atoms with Crippen LogP contribution < -0.4 is 10.2 Å². The molecule has 2 aromatic carbocycles. The lowest BCUT2D eigenvalue weighted by atomic mass is 10.2. The quantitative estimate of drug-likeness (QED) is 0.925. The van der Waals surface area contributed by atoms with E-state index in [1.807, 2.05) is 0 Å². The van der Waals surface area contributed by atoms with Crippen LogP contribution in [-0.4, -0.2) is 43.5 Å². The summed E-state index contributed by atoms with van der Waals surface area (Å²) < 4.78 is 26.5. The molecule has 2 aromatic rings. The lowest BCUT2D eigenvalue weighted by Crippen LogP contribution is -2.48. The van der Waals surface area contributed by atoms with E-state index in [2.05, 4.69) is 15.1 Å². The van der Waals surface area contributed by atoms with Crippen LogP contribution in [0.25, 0.3) is 0 Å². The van der Waals surface area contributed by atoms with E-state index >= 15 is 0 Å². The normalized spacial score (nSPS) is 15.2. The molecule has 0 aliphatic carbocycles. The summed E-state index contributed by atoms with van der Waals surface area (Å²) in [5.41, 5.74) is 2.01. The van der Waals surface area contributed by atoms with Crippen LogP contribution in [-0.2, 0) is 4.79 Å². The second-order valence-corrected chi connectivity index (χ2v) is 6.25. The number of hydrogen-bond acceptors (Lipinski definition) is 3. The summed E-state index contributed by atoms with van der Waals surface area (Å²) >= 11 is 0. The predicted octanol–water partition coefficient (Wildman–Crippen LogP) is 3.03. The Morgan fingerprint density at radius 1 is 1.04 bits per heavy atom. The standard InChI is InChI=1S/C19H21F2N3O/c1-14-2-5-16(12-18(14)21)22-19(25)13-23-8-10-24(11-9-23)17-6-3-15(20)4-7-17/h2-7,12H,8-11,13H2,1H3,(H,22,25). The van der Waals surface area contributed by atoms with Gasteiger partial charge in [0, 0.05) is 37.6 Å². The van der Waals surface area contributed by atoms with E-state index in [-0.39, 0.29) is 24.1 Å². The molecule has 6 heteroatoms. The number of amides is 1. The average Bonchev–Trinajstić information content (AvgIpc) is 2.60. The Kier molecular flexibility index (Phi) is 5.28. The summed E-state index contributed by atoms with van der Waals surface area (Å²) in [4.78, 5) is 16.4. The highest BCUT2D eigenvalue weighted by atomic mass is 19.1. The maximum absolute atomic E-state index is 13.5. The summed E-state index contributed by atoms with van der Waals surface area (Å²) in [5, 5.41) is 2.73. The largest absolute Gasteiger partial charge is 0.369 e. The summed E-state index contributed by atoms with van der Waals surface area (Å²) in [6.07, 6.45) is 0. The van der Waals surface area contributed by atoms with Gasteiger partial charge in [-0.1, -0.05) is 6.07 Å². The van der Waals surface area contributed by atoms with Gasteiger partial charge in [-0.3, -0.25) is 9.69 Å². The van der Waals surface area contributed by atoms with Crippen molar-refractivity contribution in [3.05, 3.63) is 59.7 Å². The van der Waals surface area contributed by atoms with Gasteiger partial charge in [0.2, 0.25) is 5.91 Å². The maximum Gasteiger partial charge on any atom is 0.238 e. The van der Waals surface area contributed by atoms with Gasteiger partial charge in [-0.2, -0.15) is 0 Å². The van der Waals surface area contributed by atoms with Crippen molar-refractivity contribution >= 4 is 17.3 Å². The molecule has 1 fully saturated rings. The number of nitrogens with one attached hydrogen (secondary N) is 1. The summed E-state index contributed by atoms with van der Waals surface area (Å²) in [5.74, 6) is -0.726. The zero-order valence-corrected chi connectivity index (χ0v) is 14.1. The first-order valence-corrected chi connectivity index (χ1v) is 8.30. The first-order valence-electron chi connectivity index (χ1n) is 8.30. The van der Waals surface area contributed by atoms with Crippen molar-refractivity contribution in [1.82, 2.24) is 4.90 Å². The van der Waals surface area contributed by atoms with Crippen molar-refractivity contribution in [3.8, 4) is 0 Å². The Hall–Kier alpha value is -2.47. The number of piperazine rings is 1. The second kappa shape index (κ2) is 7.61. The Labute approximate surface area is 146 Å². The zero-order valence-electron chi connectivity index (χ0n) is 14.1. The van der Waals surface area contributed by atoms with Crippen LogP contribution in [0.4, 0.5) is 20.2 Å². The zero-order chi connectivity index (χ0) is 17.8. The van der Waals surface area contributed by atoms with Gasteiger partial charge in [0.25, 0.3) is 0 Å². The molecule has 4 nitrogen and oxygen atoms in total. The third-order valence-electron chi connectivity index (χ3n) is 4.39. The van der Waals surface area contributed by atoms with Gasteiger partial charge in [-0.05, 0) is 48.9 Å². The highest BCUT2D eigenvalue weighted by Crippen LogP contribution is 2.17. The Bertz CT molecular complexity index is 741. The molecule has 0 radical (unpaired) electrons. The van der Waals surface area contributed by atoms with Crippen LogP contribution in [0.15, 0.2) is 42.5 Å². The number of halogens is 2. The van der Waals surface area contributed by atoms with Crippen molar-refractivity contribution in [2.45, 2.75) is 6.92 Å². The molecule has 0 bridgehead atoms. The first-order chi connectivity index (χ1) is 12.0. The molecule has 25 heavy (non-hydrogen) atoms. The molecule has 0 atom stereocenters. The average molecular weight is 345 g/mol. The highest BCUT2D eigenvalue weighted by Gasteiger charge is 2.19. The van der Waals surface area contributed by atoms with Gasteiger partial charge in [0.05, 0.1) is 6.54 Å². The van der Waals surface area contributed by atoms with Crippen molar-refractivity contribution in [3.63, 3.8) is 0 Å². The number of aryl methyl sites for hydroxylation is 1. The highest BCUT2D eigenvalue weighted by molar-refractivity contribution is 5.92. The maximum atomic E-state index is 13.5. The molecule has 0 aromatic heterocycles. The Balaban J connectivity index is 1.49. The minimum Gasteiger partial charge on any atom is -0.369 e. The van der Waals surface area contributed by atoms with Crippen molar-refractivity contribution in [1.29, 1.82) is 0 Å². The monoisotopic (exact) mass is 345 g/mol. The van der Waals surface area contributed by atoms with E-state index in [1.54, 1.807) is 31.2 Å². The molecular formula is C19H21F2N3O. The third-order valence-corrected chi connectivity index (χ3v) is 4.39. The number of carbonyl (C=O) groups is 1. The van der Waals surface area contributed by atoms with Crippen LogP contribution in [0.3, 0.4) is 0 Å². The molecular weight excluding hydrogens is 324 g/mol. The van der Waals surface area contributed by atoms with Crippen LogP contribution in [0, 0.1) is 18.6 Å². The van der Waals surface area contributed by atoms with Crippen LogP contribution in [0.2, 0.25) is 0 Å². The minimum absolute atomic E-state index is 0.154. The van der Waals surface area contributed by atoms with E-state index in [1.165, 1.54) is 18.2 Å². The van der Waals surface area contributed by atoms with E-state index in [4.69, 9.17) is 0 Å².